The number of hydrogen-bond donors (Lipinski definition) is 1. The fourth-order valence-electron chi connectivity index (χ4n) is 1.18. The highest BCUT2D eigenvalue weighted by molar-refractivity contribution is 5.81. The number of carbonyl (C=O) groups excluding carboxylic acids is 1. The molecule has 0 heterocycles. The molecule has 0 aromatic heterocycles. The smallest absolute Gasteiger partial charge is 0.332 e. The summed E-state index contributed by atoms with van der Waals surface area (Å²) in [5.41, 5.74) is 1.10. The first-order valence-corrected chi connectivity index (χ1v) is 4.77. The van der Waals surface area contributed by atoms with E-state index < -0.39 is 12.3 Å². The molecule has 1 unspecified atom stereocenters. The van der Waals surface area contributed by atoms with Crippen LogP contribution in [0.2, 0.25) is 0 Å². The largest absolute Gasteiger partial charge is 0.433 e. The lowest BCUT2D eigenvalue weighted by Crippen LogP contribution is -2.16. The number of aliphatic hydroxyl groups excluding tert-OH is 1. The van der Waals surface area contributed by atoms with Crippen LogP contribution >= 0.6 is 0 Å². The molecule has 0 aliphatic heterocycles. The fourth-order valence-corrected chi connectivity index (χ4v) is 1.18. The molecule has 0 spiro atoms. The molecule has 0 fully saturated rings. The molecule has 0 aliphatic rings. The lowest BCUT2D eigenvalue weighted by molar-refractivity contribution is -0.162. The van der Waals surface area contributed by atoms with Crippen LogP contribution in [0.1, 0.15) is 12.0 Å². The minimum Gasteiger partial charge on any atom is -0.433 e. The van der Waals surface area contributed by atoms with Crippen molar-refractivity contribution in [1.82, 2.24) is 0 Å². The molecule has 1 atom stereocenters. The van der Waals surface area contributed by atoms with Crippen molar-refractivity contribution in [2.45, 2.75) is 19.1 Å². The van der Waals surface area contributed by atoms with Crippen LogP contribution in [-0.4, -0.2) is 17.4 Å². The number of benzene rings is 1. The second kappa shape index (κ2) is 5.98. The van der Waals surface area contributed by atoms with E-state index in [1.165, 1.54) is 0 Å². The predicted molar refractivity (Wildman–Crippen MR) is 57.1 cm³/mol. The predicted octanol–water partition coefficient (Wildman–Crippen LogP) is 1.67. The second-order valence-electron chi connectivity index (χ2n) is 3.12. The lowest BCUT2D eigenvalue weighted by atomic mass is 10.1. The number of esters is 1. The maximum absolute atomic E-state index is 10.7. The van der Waals surface area contributed by atoms with E-state index in [-0.39, 0.29) is 0 Å². The number of carbonyl (C=O) groups is 1. The summed E-state index contributed by atoms with van der Waals surface area (Å²) >= 11 is 0. The summed E-state index contributed by atoms with van der Waals surface area (Å²) in [6.45, 7) is 3.25. The van der Waals surface area contributed by atoms with Gasteiger partial charge in [-0.25, -0.2) is 4.79 Å². The number of hydrogen-bond acceptors (Lipinski definition) is 3. The SMILES string of the molecule is C=CC(=O)OC(O)CCc1ccccc1. The van der Waals surface area contributed by atoms with Crippen molar-refractivity contribution < 1.29 is 14.6 Å². The summed E-state index contributed by atoms with van der Waals surface area (Å²) in [5, 5.41) is 9.32. The van der Waals surface area contributed by atoms with E-state index >= 15 is 0 Å². The first-order chi connectivity index (χ1) is 7.22. The fraction of sp³-hybridized carbons (Fsp3) is 0.250. The number of aryl methyl sites for hydroxylation is 1. The molecular weight excluding hydrogens is 192 g/mol. The third-order valence-corrected chi connectivity index (χ3v) is 1.94. The maximum atomic E-state index is 10.7. The summed E-state index contributed by atoms with van der Waals surface area (Å²) in [6, 6.07) is 9.71. The average molecular weight is 206 g/mol. The highest BCUT2D eigenvalue weighted by Crippen LogP contribution is 2.05. The molecule has 80 valence electrons. The van der Waals surface area contributed by atoms with Crippen molar-refractivity contribution in [2.24, 2.45) is 0 Å². The Morgan fingerprint density at radius 3 is 2.73 bits per heavy atom. The Hall–Kier alpha value is -1.61. The van der Waals surface area contributed by atoms with E-state index in [0.29, 0.717) is 12.8 Å². The van der Waals surface area contributed by atoms with Crippen LogP contribution in [0, 0.1) is 0 Å². The third-order valence-electron chi connectivity index (χ3n) is 1.94. The van der Waals surface area contributed by atoms with Gasteiger partial charge in [-0.1, -0.05) is 36.9 Å². The van der Waals surface area contributed by atoms with Crippen LogP contribution in [0.5, 0.6) is 0 Å². The lowest BCUT2D eigenvalue weighted by Gasteiger charge is -2.10. The summed E-state index contributed by atoms with van der Waals surface area (Å²) in [5.74, 6) is -0.601. The molecule has 1 aromatic rings. The van der Waals surface area contributed by atoms with Gasteiger partial charge in [-0.2, -0.15) is 0 Å². The molecule has 1 N–H and O–H groups in total. The molecule has 0 saturated carbocycles. The van der Waals surface area contributed by atoms with Gasteiger partial charge in [0, 0.05) is 12.5 Å². The molecule has 3 nitrogen and oxygen atoms in total. The van der Waals surface area contributed by atoms with Crippen LogP contribution in [0.3, 0.4) is 0 Å². The van der Waals surface area contributed by atoms with Crippen molar-refractivity contribution in [1.29, 1.82) is 0 Å². The molecule has 15 heavy (non-hydrogen) atoms. The molecule has 0 radical (unpaired) electrons. The Morgan fingerprint density at radius 2 is 2.13 bits per heavy atom. The zero-order valence-electron chi connectivity index (χ0n) is 8.43. The molecule has 3 heteroatoms. The average Bonchev–Trinajstić information content (AvgIpc) is 2.27. The van der Waals surface area contributed by atoms with E-state index in [1.54, 1.807) is 0 Å². The van der Waals surface area contributed by atoms with Gasteiger partial charge in [0.25, 0.3) is 0 Å². The van der Waals surface area contributed by atoms with Gasteiger partial charge in [0.15, 0.2) is 0 Å². The minimum absolute atomic E-state index is 0.392. The van der Waals surface area contributed by atoms with Gasteiger partial charge in [0.2, 0.25) is 6.29 Å². The van der Waals surface area contributed by atoms with Gasteiger partial charge in [-0.05, 0) is 12.0 Å². The molecule has 1 aromatic carbocycles. The van der Waals surface area contributed by atoms with Crippen molar-refractivity contribution in [3.8, 4) is 0 Å². The first kappa shape index (κ1) is 11.5. The molecule has 0 bridgehead atoms. The normalized spacial score (nSPS) is 11.8. The minimum atomic E-state index is -1.06. The first-order valence-electron chi connectivity index (χ1n) is 4.77. The van der Waals surface area contributed by atoms with Gasteiger partial charge < -0.3 is 9.84 Å². The topological polar surface area (TPSA) is 46.5 Å². The van der Waals surface area contributed by atoms with Gasteiger partial charge in [0.05, 0.1) is 0 Å². The van der Waals surface area contributed by atoms with Crippen LogP contribution in [0.15, 0.2) is 43.0 Å². The zero-order valence-corrected chi connectivity index (χ0v) is 8.43. The van der Waals surface area contributed by atoms with E-state index in [4.69, 9.17) is 0 Å². The van der Waals surface area contributed by atoms with Crippen molar-refractivity contribution in [3.63, 3.8) is 0 Å². The molecule has 0 amide bonds. The van der Waals surface area contributed by atoms with Crippen molar-refractivity contribution >= 4 is 5.97 Å². The maximum Gasteiger partial charge on any atom is 0.332 e. The van der Waals surface area contributed by atoms with Crippen LogP contribution in [0.4, 0.5) is 0 Å². The van der Waals surface area contributed by atoms with Crippen LogP contribution in [0.25, 0.3) is 0 Å². The molecule has 0 aliphatic carbocycles. The van der Waals surface area contributed by atoms with Gasteiger partial charge in [0.1, 0.15) is 0 Å². The quantitative estimate of drug-likeness (QED) is 0.453. The summed E-state index contributed by atoms with van der Waals surface area (Å²) in [7, 11) is 0. The van der Waals surface area contributed by atoms with Crippen molar-refractivity contribution in [3.05, 3.63) is 48.6 Å². The second-order valence-corrected chi connectivity index (χ2v) is 3.12. The van der Waals surface area contributed by atoms with E-state index in [9.17, 15) is 9.90 Å². The van der Waals surface area contributed by atoms with Gasteiger partial charge >= 0.3 is 5.97 Å². The van der Waals surface area contributed by atoms with Crippen LogP contribution in [-0.2, 0) is 16.0 Å². The van der Waals surface area contributed by atoms with E-state index in [2.05, 4.69) is 11.3 Å². The highest BCUT2D eigenvalue weighted by atomic mass is 16.6. The Bertz CT molecular complexity index is 319. The Balaban J connectivity index is 2.31. The zero-order chi connectivity index (χ0) is 11.1. The summed E-state index contributed by atoms with van der Waals surface area (Å²) < 4.78 is 4.62. The Morgan fingerprint density at radius 1 is 1.47 bits per heavy atom. The van der Waals surface area contributed by atoms with Crippen LogP contribution < -0.4 is 0 Å². The summed E-state index contributed by atoms with van der Waals surface area (Å²) in [6.07, 6.45) is 1.04. The van der Waals surface area contributed by atoms with E-state index in [0.717, 1.165) is 11.6 Å². The number of rotatable bonds is 5. The Labute approximate surface area is 89.0 Å². The standard InChI is InChI=1S/C12H14O3/c1-2-11(13)15-12(14)9-8-10-6-4-3-5-7-10/h2-7,12,14H,1,8-9H2. The Kier molecular flexibility index (Phi) is 4.57. The molecular formula is C12H14O3. The van der Waals surface area contributed by atoms with Crippen molar-refractivity contribution in [2.75, 3.05) is 0 Å². The number of ether oxygens (including phenoxy) is 1. The monoisotopic (exact) mass is 206 g/mol. The molecule has 0 saturated heterocycles. The number of aliphatic hydroxyl groups is 1. The molecule has 1 rings (SSSR count). The van der Waals surface area contributed by atoms with Gasteiger partial charge in [-0.3, -0.25) is 0 Å². The highest BCUT2D eigenvalue weighted by Gasteiger charge is 2.07. The van der Waals surface area contributed by atoms with Gasteiger partial charge in [-0.15, -0.1) is 0 Å². The van der Waals surface area contributed by atoms with E-state index in [1.807, 2.05) is 30.3 Å². The third kappa shape index (κ3) is 4.42. The summed E-state index contributed by atoms with van der Waals surface area (Å²) in [4.78, 5) is 10.7.